The number of thiazole rings is 1. The van der Waals surface area contributed by atoms with Crippen molar-refractivity contribution in [3.05, 3.63) is 64.0 Å². The van der Waals surface area contributed by atoms with Crippen LogP contribution in [0.1, 0.15) is 48.6 Å². The summed E-state index contributed by atoms with van der Waals surface area (Å²) in [5.74, 6) is 1.75. The van der Waals surface area contributed by atoms with Gasteiger partial charge in [-0.3, -0.25) is 0 Å². The summed E-state index contributed by atoms with van der Waals surface area (Å²) in [6.07, 6.45) is 4.94. The molecule has 0 bridgehead atoms. The molecule has 0 fully saturated rings. The van der Waals surface area contributed by atoms with Gasteiger partial charge in [0.2, 0.25) is 0 Å². The summed E-state index contributed by atoms with van der Waals surface area (Å²) in [7, 11) is 0. The smallest absolute Gasteiger partial charge is 0.170 e. The Morgan fingerprint density at radius 2 is 1.50 bits per heavy atom. The van der Waals surface area contributed by atoms with Crippen molar-refractivity contribution in [3.8, 4) is 22.8 Å². The van der Waals surface area contributed by atoms with Crippen LogP contribution in [0.5, 0.6) is 11.5 Å². The van der Waals surface area contributed by atoms with E-state index in [0.717, 1.165) is 54.9 Å². The summed E-state index contributed by atoms with van der Waals surface area (Å²) >= 11 is 1.81. The van der Waals surface area contributed by atoms with Gasteiger partial charge in [0, 0.05) is 16.0 Å². The molecule has 0 saturated heterocycles. The summed E-state index contributed by atoms with van der Waals surface area (Å²) < 4.78 is 11.6. The molecule has 0 atom stereocenters. The van der Waals surface area contributed by atoms with Gasteiger partial charge in [-0.2, -0.15) is 0 Å². The molecule has 170 valence electrons. The fourth-order valence-corrected chi connectivity index (χ4v) is 4.24. The second kappa shape index (κ2) is 12.1. The molecule has 0 amide bonds. The number of oxime groups is 1. The van der Waals surface area contributed by atoms with E-state index in [0.29, 0.717) is 18.8 Å². The second-order valence-corrected chi connectivity index (χ2v) is 8.55. The average Bonchev–Trinajstić information content (AvgIpc) is 3.27. The highest BCUT2D eigenvalue weighted by molar-refractivity contribution is 7.12. The minimum Gasteiger partial charge on any atom is -0.494 e. The fourth-order valence-electron chi connectivity index (χ4n) is 3.27. The molecule has 0 unspecified atom stereocenters. The van der Waals surface area contributed by atoms with Crippen molar-refractivity contribution < 1.29 is 14.7 Å². The van der Waals surface area contributed by atoms with E-state index in [1.165, 1.54) is 9.88 Å². The Hall–Kier alpha value is -3.06. The van der Waals surface area contributed by atoms with Gasteiger partial charge in [0.1, 0.15) is 11.5 Å². The van der Waals surface area contributed by atoms with E-state index in [1.807, 2.05) is 35.6 Å². The summed E-state index contributed by atoms with van der Waals surface area (Å²) in [6, 6.07) is 15.4. The molecular formula is C25H31N3O3S. The molecule has 0 aliphatic heterocycles. The molecule has 2 aromatic carbocycles. The van der Waals surface area contributed by atoms with E-state index in [2.05, 4.69) is 31.1 Å². The van der Waals surface area contributed by atoms with Gasteiger partial charge in [-0.25, -0.2) is 4.98 Å². The average molecular weight is 454 g/mol. The molecule has 0 aliphatic carbocycles. The topological polar surface area (TPSA) is 90.0 Å². The third-order valence-electron chi connectivity index (χ3n) is 5.08. The third-order valence-corrected chi connectivity index (χ3v) is 6.42. The largest absolute Gasteiger partial charge is 0.494 e. The molecule has 0 saturated carbocycles. The van der Waals surface area contributed by atoms with Crippen LogP contribution < -0.4 is 15.2 Å². The maximum absolute atomic E-state index is 8.68. The number of nitrogens with two attached hydrogens (primary N) is 1. The van der Waals surface area contributed by atoms with Gasteiger partial charge in [-0.1, -0.05) is 19.0 Å². The maximum atomic E-state index is 8.68. The van der Waals surface area contributed by atoms with Crippen LogP contribution in [0.4, 0.5) is 0 Å². The molecule has 1 heterocycles. The summed E-state index contributed by atoms with van der Waals surface area (Å²) in [6.45, 7) is 5.66. The van der Waals surface area contributed by atoms with Gasteiger partial charge in [0.15, 0.2) is 5.84 Å². The first-order valence-electron chi connectivity index (χ1n) is 11.1. The Bertz CT molecular complexity index is 998. The van der Waals surface area contributed by atoms with Crippen molar-refractivity contribution in [1.29, 1.82) is 0 Å². The number of aryl methyl sites for hydroxylation is 2. The maximum Gasteiger partial charge on any atom is 0.170 e. The van der Waals surface area contributed by atoms with Gasteiger partial charge in [0.05, 0.1) is 23.9 Å². The van der Waals surface area contributed by atoms with Crippen LogP contribution in [0.25, 0.3) is 11.3 Å². The number of amidine groups is 1. The molecular weight excluding hydrogens is 422 g/mol. The number of nitrogens with zero attached hydrogens (tertiary/aromatic N) is 2. The number of hydrogen-bond acceptors (Lipinski definition) is 6. The Morgan fingerprint density at radius 3 is 2.03 bits per heavy atom. The first kappa shape index (κ1) is 23.6. The molecule has 0 spiro atoms. The molecule has 7 heteroatoms. The van der Waals surface area contributed by atoms with Crippen LogP contribution in [-0.2, 0) is 12.8 Å². The van der Waals surface area contributed by atoms with E-state index >= 15 is 0 Å². The van der Waals surface area contributed by atoms with Crippen molar-refractivity contribution >= 4 is 17.2 Å². The van der Waals surface area contributed by atoms with E-state index in [9.17, 15) is 0 Å². The fraction of sp³-hybridized carbons (Fsp3) is 0.360. The van der Waals surface area contributed by atoms with Crippen LogP contribution in [0.3, 0.4) is 0 Å². The van der Waals surface area contributed by atoms with E-state index < -0.39 is 0 Å². The molecule has 3 N–H and O–H groups in total. The standard InChI is InChI=1S/C25H31N3O3S/c1-3-22-24(27-23(4-2)32-22)18-8-12-20(13-9-18)30-16-6-5-7-17-31-21-14-10-19(11-15-21)25(26)28-29/h8-15,29H,3-7,16-17H2,1-2H3,(H2,26,28). The van der Waals surface area contributed by atoms with Crippen LogP contribution in [0.15, 0.2) is 53.7 Å². The Kier molecular flexibility index (Phi) is 8.92. The normalized spacial score (nSPS) is 11.5. The highest BCUT2D eigenvalue weighted by atomic mass is 32.1. The number of unbranched alkanes of at least 4 members (excludes halogenated alkanes) is 2. The number of benzene rings is 2. The second-order valence-electron chi connectivity index (χ2n) is 7.38. The number of hydrogen-bond donors (Lipinski definition) is 2. The molecule has 1 aromatic heterocycles. The predicted molar refractivity (Wildman–Crippen MR) is 130 cm³/mol. The van der Waals surface area contributed by atoms with E-state index in [1.54, 1.807) is 12.1 Å². The Balaban J connectivity index is 1.35. The minimum atomic E-state index is 0.0886. The van der Waals surface area contributed by atoms with Crippen LogP contribution in [0.2, 0.25) is 0 Å². The van der Waals surface area contributed by atoms with Crippen molar-refractivity contribution in [2.24, 2.45) is 10.9 Å². The monoisotopic (exact) mass is 453 g/mol. The molecule has 0 radical (unpaired) electrons. The summed E-state index contributed by atoms with van der Waals surface area (Å²) in [4.78, 5) is 6.13. The molecule has 0 aliphatic rings. The highest BCUT2D eigenvalue weighted by Gasteiger charge is 2.11. The number of ether oxygens (including phenoxy) is 2. The third kappa shape index (κ3) is 6.47. The lowest BCUT2D eigenvalue weighted by molar-refractivity contribution is 0.279. The Morgan fingerprint density at radius 1 is 0.906 bits per heavy atom. The SMILES string of the molecule is CCc1nc(-c2ccc(OCCCCCOc3ccc(C(N)=NO)cc3)cc2)c(CC)s1. The zero-order chi connectivity index (χ0) is 22.8. The van der Waals surface area contributed by atoms with Gasteiger partial charge in [-0.05, 0) is 80.6 Å². The first-order chi connectivity index (χ1) is 15.6. The summed E-state index contributed by atoms with van der Waals surface area (Å²) in [5, 5.41) is 12.9. The zero-order valence-corrected chi connectivity index (χ0v) is 19.5. The lowest BCUT2D eigenvalue weighted by atomic mass is 10.1. The Labute approximate surface area is 193 Å². The van der Waals surface area contributed by atoms with Crippen LogP contribution in [0, 0.1) is 0 Å². The first-order valence-corrected chi connectivity index (χ1v) is 11.9. The number of aromatic nitrogens is 1. The predicted octanol–water partition coefficient (Wildman–Crippen LogP) is 5.66. The summed E-state index contributed by atoms with van der Waals surface area (Å²) in [5.41, 5.74) is 8.48. The van der Waals surface area contributed by atoms with Crippen molar-refractivity contribution in [1.82, 2.24) is 4.98 Å². The van der Waals surface area contributed by atoms with Gasteiger partial charge in [0.25, 0.3) is 0 Å². The van der Waals surface area contributed by atoms with Crippen molar-refractivity contribution in [2.75, 3.05) is 13.2 Å². The lowest BCUT2D eigenvalue weighted by Gasteiger charge is -2.09. The van der Waals surface area contributed by atoms with Crippen molar-refractivity contribution in [2.45, 2.75) is 46.0 Å². The van der Waals surface area contributed by atoms with E-state index in [-0.39, 0.29) is 5.84 Å². The zero-order valence-electron chi connectivity index (χ0n) is 18.7. The van der Waals surface area contributed by atoms with Gasteiger partial charge >= 0.3 is 0 Å². The van der Waals surface area contributed by atoms with E-state index in [4.69, 9.17) is 25.4 Å². The van der Waals surface area contributed by atoms with Gasteiger partial charge < -0.3 is 20.4 Å². The van der Waals surface area contributed by atoms with Gasteiger partial charge in [-0.15, -0.1) is 11.3 Å². The molecule has 32 heavy (non-hydrogen) atoms. The quantitative estimate of drug-likeness (QED) is 0.121. The highest BCUT2D eigenvalue weighted by Crippen LogP contribution is 2.30. The van der Waals surface area contributed by atoms with Crippen molar-refractivity contribution in [3.63, 3.8) is 0 Å². The molecule has 3 rings (SSSR count). The van der Waals surface area contributed by atoms with Crippen LogP contribution in [-0.4, -0.2) is 29.2 Å². The number of rotatable bonds is 12. The minimum absolute atomic E-state index is 0.0886. The molecule has 6 nitrogen and oxygen atoms in total. The molecule has 3 aromatic rings. The van der Waals surface area contributed by atoms with Crippen LogP contribution >= 0.6 is 11.3 Å². The lowest BCUT2D eigenvalue weighted by Crippen LogP contribution is -2.12.